The van der Waals surface area contributed by atoms with Crippen molar-refractivity contribution < 1.29 is 9.53 Å². The zero-order valence-corrected chi connectivity index (χ0v) is 22.2. The van der Waals surface area contributed by atoms with E-state index in [1.807, 2.05) is 79.9 Å². The van der Waals surface area contributed by atoms with Crippen LogP contribution in [0, 0.1) is 13.8 Å². The van der Waals surface area contributed by atoms with Gasteiger partial charge in [0.1, 0.15) is 5.75 Å². The van der Waals surface area contributed by atoms with Gasteiger partial charge in [0.25, 0.3) is 5.56 Å². The number of hydrogen-bond acceptors (Lipinski definition) is 7. The van der Waals surface area contributed by atoms with E-state index in [1.54, 1.807) is 17.7 Å². The number of methoxy groups -OCH3 is 1. The first-order chi connectivity index (χ1) is 17.9. The maximum atomic E-state index is 13.5. The minimum atomic E-state index is -0.227. The molecule has 0 radical (unpaired) electrons. The van der Waals surface area contributed by atoms with Crippen molar-refractivity contribution in [2.75, 3.05) is 18.2 Å². The second-order valence-electron chi connectivity index (χ2n) is 8.45. The highest BCUT2D eigenvalue weighted by atomic mass is 32.2. The summed E-state index contributed by atoms with van der Waals surface area (Å²) < 4.78 is 6.80. The van der Waals surface area contributed by atoms with Crippen molar-refractivity contribution in [1.29, 1.82) is 0 Å². The number of carbonyl (C=O) groups is 1. The Labute approximate surface area is 222 Å². The van der Waals surface area contributed by atoms with E-state index in [4.69, 9.17) is 9.72 Å². The Morgan fingerprint density at radius 1 is 1.05 bits per heavy atom. The third-order valence-electron chi connectivity index (χ3n) is 5.81. The summed E-state index contributed by atoms with van der Waals surface area (Å²) in [5.74, 6) is 0.619. The fraction of sp³-hybridized carbons (Fsp3) is 0.143. The van der Waals surface area contributed by atoms with E-state index in [2.05, 4.69) is 10.3 Å². The van der Waals surface area contributed by atoms with E-state index in [1.165, 1.54) is 23.1 Å². The fourth-order valence-corrected chi connectivity index (χ4v) is 5.53. The standard InChI is InChI=1S/C28H24N4O3S2/c1-17-8-13-24(18(2)14-17)32-26(34)21-6-4-5-7-22(21)30-28(32)37-16-25(33)31-27-29-23(15-36-27)19-9-11-20(35-3)12-10-19/h4-15H,16H2,1-3H3,(H,29,31,33). The van der Waals surface area contributed by atoms with Crippen LogP contribution >= 0.6 is 23.1 Å². The molecule has 5 rings (SSSR count). The number of fused-ring (bicyclic) bond motifs is 1. The zero-order valence-electron chi connectivity index (χ0n) is 20.5. The molecule has 5 aromatic rings. The van der Waals surface area contributed by atoms with Crippen LogP contribution in [0.2, 0.25) is 0 Å². The van der Waals surface area contributed by atoms with Gasteiger partial charge >= 0.3 is 0 Å². The molecule has 0 unspecified atom stereocenters. The van der Waals surface area contributed by atoms with Gasteiger partial charge in [-0.25, -0.2) is 9.97 Å². The summed E-state index contributed by atoms with van der Waals surface area (Å²) in [6, 6.07) is 20.8. The number of thioether (sulfide) groups is 1. The maximum absolute atomic E-state index is 13.5. The first-order valence-corrected chi connectivity index (χ1v) is 13.4. The molecule has 2 heterocycles. The predicted octanol–water partition coefficient (Wildman–Crippen LogP) is 5.87. The molecule has 9 heteroatoms. The molecule has 1 N–H and O–H groups in total. The molecule has 0 bridgehead atoms. The van der Waals surface area contributed by atoms with E-state index >= 15 is 0 Å². The molecular formula is C28H24N4O3S2. The van der Waals surface area contributed by atoms with Gasteiger partial charge < -0.3 is 10.1 Å². The Hall–Kier alpha value is -3.95. The van der Waals surface area contributed by atoms with Crippen LogP contribution in [0.4, 0.5) is 5.13 Å². The second kappa shape index (κ2) is 10.6. The summed E-state index contributed by atoms with van der Waals surface area (Å²) in [6.45, 7) is 3.98. The number of rotatable bonds is 7. The van der Waals surface area contributed by atoms with Gasteiger partial charge in [-0.1, -0.05) is 41.6 Å². The van der Waals surface area contributed by atoms with E-state index < -0.39 is 0 Å². The summed E-state index contributed by atoms with van der Waals surface area (Å²) in [5, 5.41) is 6.26. The largest absolute Gasteiger partial charge is 0.497 e. The quantitative estimate of drug-likeness (QED) is 0.210. The smallest absolute Gasteiger partial charge is 0.266 e. The lowest BCUT2D eigenvalue weighted by Crippen LogP contribution is -2.23. The molecule has 7 nitrogen and oxygen atoms in total. The van der Waals surface area contributed by atoms with Crippen LogP contribution in [-0.4, -0.2) is 33.3 Å². The monoisotopic (exact) mass is 528 g/mol. The average Bonchev–Trinajstić information content (AvgIpc) is 3.36. The van der Waals surface area contributed by atoms with Crippen LogP contribution in [0.3, 0.4) is 0 Å². The van der Waals surface area contributed by atoms with E-state index in [9.17, 15) is 9.59 Å². The molecule has 0 fully saturated rings. The van der Waals surface area contributed by atoms with Crippen LogP contribution < -0.4 is 15.6 Å². The lowest BCUT2D eigenvalue weighted by molar-refractivity contribution is -0.113. The van der Waals surface area contributed by atoms with Crippen LogP contribution in [0.1, 0.15) is 11.1 Å². The fourth-order valence-electron chi connectivity index (χ4n) is 3.99. The third-order valence-corrected chi connectivity index (χ3v) is 7.50. The molecule has 186 valence electrons. The Kier molecular flexibility index (Phi) is 7.07. The highest BCUT2D eigenvalue weighted by molar-refractivity contribution is 7.99. The van der Waals surface area contributed by atoms with Gasteiger partial charge in [0.2, 0.25) is 5.91 Å². The van der Waals surface area contributed by atoms with Crippen LogP contribution in [0.25, 0.3) is 27.8 Å². The van der Waals surface area contributed by atoms with Gasteiger partial charge in [0, 0.05) is 10.9 Å². The maximum Gasteiger partial charge on any atom is 0.266 e. The molecule has 0 aliphatic carbocycles. The topological polar surface area (TPSA) is 86.1 Å². The molecular weight excluding hydrogens is 504 g/mol. The van der Waals surface area contributed by atoms with Crippen LogP contribution in [0.15, 0.2) is 82.1 Å². The van der Waals surface area contributed by atoms with Gasteiger partial charge in [-0.3, -0.25) is 14.2 Å². The van der Waals surface area contributed by atoms with Crippen molar-refractivity contribution >= 4 is 45.0 Å². The van der Waals surface area contributed by atoms with Crippen LogP contribution in [0.5, 0.6) is 5.75 Å². The number of ether oxygens (including phenoxy) is 1. The molecule has 0 aliphatic heterocycles. The number of hydrogen-bond donors (Lipinski definition) is 1. The number of carbonyl (C=O) groups excluding carboxylic acids is 1. The number of nitrogens with one attached hydrogen (secondary N) is 1. The van der Waals surface area contributed by atoms with Gasteiger partial charge in [0.15, 0.2) is 10.3 Å². The number of thiazole rings is 1. The van der Waals surface area contributed by atoms with E-state index in [0.29, 0.717) is 21.2 Å². The van der Waals surface area contributed by atoms with E-state index in [0.717, 1.165) is 33.8 Å². The Morgan fingerprint density at radius 3 is 2.59 bits per heavy atom. The zero-order chi connectivity index (χ0) is 25.9. The Balaban J connectivity index is 1.38. The molecule has 0 atom stereocenters. The molecule has 37 heavy (non-hydrogen) atoms. The SMILES string of the molecule is COc1ccc(-c2csc(NC(=O)CSc3nc4ccccc4c(=O)n3-c3ccc(C)cc3C)n2)cc1. The number of nitrogens with zero attached hydrogens (tertiary/aromatic N) is 3. The highest BCUT2D eigenvalue weighted by Gasteiger charge is 2.17. The minimum Gasteiger partial charge on any atom is -0.497 e. The number of amides is 1. The molecule has 3 aromatic carbocycles. The number of para-hydroxylation sites is 1. The molecule has 0 saturated heterocycles. The molecule has 2 aromatic heterocycles. The molecule has 0 aliphatic rings. The summed E-state index contributed by atoms with van der Waals surface area (Å²) >= 11 is 2.58. The number of aromatic nitrogens is 3. The van der Waals surface area contributed by atoms with Crippen molar-refractivity contribution in [2.24, 2.45) is 0 Å². The second-order valence-corrected chi connectivity index (χ2v) is 10.2. The third kappa shape index (κ3) is 5.28. The number of benzene rings is 3. The highest BCUT2D eigenvalue weighted by Crippen LogP contribution is 2.27. The molecule has 0 spiro atoms. The lowest BCUT2D eigenvalue weighted by atomic mass is 10.1. The number of anilines is 1. The van der Waals surface area contributed by atoms with Crippen molar-refractivity contribution in [3.8, 4) is 22.7 Å². The van der Waals surface area contributed by atoms with Crippen LogP contribution in [-0.2, 0) is 4.79 Å². The Bertz CT molecular complexity index is 1660. The summed E-state index contributed by atoms with van der Waals surface area (Å²) in [6.07, 6.45) is 0. The summed E-state index contributed by atoms with van der Waals surface area (Å²) in [7, 11) is 1.62. The first kappa shape index (κ1) is 24.7. The first-order valence-electron chi connectivity index (χ1n) is 11.5. The minimum absolute atomic E-state index is 0.0765. The van der Waals surface area contributed by atoms with Gasteiger partial charge in [-0.15, -0.1) is 11.3 Å². The van der Waals surface area contributed by atoms with Gasteiger partial charge in [-0.2, -0.15) is 0 Å². The predicted molar refractivity (Wildman–Crippen MR) is 150 cm³/mol. The van der Waals surface area contributed by atoms with Crippen molar-refractivity contribution in [3.63, 3.8) is 0 Å². The van der Waals surface area contributed by atoms with Gasteiger partial charge in [0.05, 0.1) is 35.1 Å². The van der Waals surface area contributed by atoms with E-state index in [-0.39, 0.29) is 17.2 Å². The van der Waals surface area contributed by atoms with Crippen molar-refractivity contribution in [1.82, 2.24) is 14.5 Å². The number of aryl methyl sites for hydroxylation is 2. The van der Waals surface area contributed by atoms with Crippen molar-refractivity contribution in [2.45, 2.75) is 19.0 Å². The molecule has 1 amide bonds. The average molecular weight is 529 g/mol. The summed E-state index contributed by atoms with van der Waals surface area (Å²) in [5.41, 5.74) is 4.96. The molecule has 0 saturated carbocycles. The Morgan fingerprint density at radius 2 is 1.84 bits per heavy atom. The lowest BCUT2D eigenvalue weighted by Gasteiger charge is -2.15. The normalized spacial score (nSPS) is 11.0. The summed E-state index contributed by atoms with van der Waals surface area (Å²) in [4.78, 5) is 35.6. The van der Waals surface area contributed by atoms with Gasteiger partial charge in [-0.05, 0) is 61.9 Å². The van der Waals surface area contributed by atoms with Crippen molar-refractivity contribution in [3.05, 3.63) is 93.6 Å².